The molecule has 0 aliphatic heterocycles. The Morgan fingerprint density at radius 3 is 2.65 bits per heavy atom. The number of carbonyl (C=O) groups excluding carboxylic acids is 2. The zero-order valence-corrected chi connectivity index (χ0v) is 19.1. The second kappa shape index (κ2) is 11.6. The van der Waals surface area contributed by atoms with E-state index in [1.807, 2.05) is 13.8 Å². The number of methoxy groups -OCH3 is 1. The lowest BCUT2D eigenvalue weighted by molar-refractivity contribution is -0.143. The molecule has 8 nitrogen and oxygen atoms in total. The van der Waals surface area contributed by atoms with Gasteiger partial charge < -0.3 is 24.1 Å². The predicted octanol–water partition coefficient (Wildman–Crippen LogP) is 3.89. The van der Waals surface area contributed by atoms with Crippen LogP contribution in [0.3, 0.4) is 0 Å². The molecule has 0 aliphatic carbocycles. The van der Waals surface area contributed by atoms with Gasteiger partial charge in [0.1, 0.15) is 18.2 Å². The molecule has 1 heterocycles. The van der Waals surface area contributed by atoms with E-state index in [-0.39, 0.29) is 13.2 Å². The standard InChI is InChI=1S/C25H25FN2O6/c1-16-20(17(2)34-28-16)14-32-22-10-8-18(12-23(22)31-3)9-11-25(30)33-15-24(29)27-13-19-6-4-5-7-21(19)26/h4-12H,13-15H2,1-3H3,(H,27,29)/b11-9+. The Balaban J connectivity index is 1.49. The van der Waals surface area contributed by atoms with Crippen LogP contribution in [0.15, 0.2) is 53.1 Å². The van der Waals surface area contributed by atoms with E-state index >= 15 is 0 Å². The number of hydrogen-bond donors (Lipinski definition) is 1. The van der Waals surface area contributed by atoms with Gasteiger partial charge in [-0.05, 0) is 43.7 Å². The van der Waals surface area contributed by atoms with Crippen molar-refractivity contribution in [2.45, 2.75) is 27.0 Å². The van der Waals surface area contributed by atoms with Crippen LogP contribution < -0.4 is 14.8 Å². The molecule has 1 N–H and O–H groups in total. The topological polar surface area (TPSA) is 99.9 Å². The van der Waals surface area contributed by atoms with Crippen molar-refractivity contribution < 1.29 is 32.7 Å². The van der Waals surface area contributed by atoms with Crippen LogP contribution in [-0.2, 0) is 27.5 Å². The number of hydrogen-bond acceptors (Lipinski definition) is 7. The largest absolute Gasteiger partial charge is 0.493 e. The average Bonchev–Trinajstić information content (AvgIpc) is 3.16. The fourth-order valence-corrected chi connectivity index (χ4v) is 3.00. The zero-order valence-electron chi connectivity index (χ0n) is 19.1. The zero-order chi connectivity index (χ0) is 24.5. The molecule has 0 atom stereocenters. The summed E-state index contributed by atoms with van der Waals surface area (Å²) in [5.74, 6) is 0.0440. The van der Waals surface area contributed by atoms with Crippen molar-refractivity contribution >= 4 is 18.0 Å². The van der Waals surface area contributed by atoms with Crippen LogP contribution in [-0.4, -0.2) is 30.7 Å². The lowest BCUT2D eigenvalue weighted by atomic mass is 10.2. The molecule has 178 valence electrons. The minimum atomic E-state index is -0.696. The van der Waals surface area contributed by atoms with Crippen molar-refractivity contribution in [3.8, 4) is 11.5 Å². The summed E-state index contributed by atoms with van der Waals surface area (Å²) in [6.45, 7) is 3.46. The number of carbonyl (C=O) groups is 2. The summed E-state index contributed by atoms with van der Waals surface area (Å²) in [4.78, 5) is 23.8. The van der Waals surface area contributed by atoms with Crippen LogP contribution in [0.25, 0.3) is 6.08 Å². The number of nitrogens with zero attached hydrogens (tertiary/aromatic N) is 1. The van der Waals surface area contributed by atoms with Crippen LogP contribution in [0, 0.1) is 19.7 Å². The molecule has 0 saturated heterocycles. The van der Waals surface area contributed by atoms with E-state index in [2.05, 4.69) is 10.5 Å². The van der Waals surface area contributed by atoms with Crippen molar-refractivity contribution in [3.05, 3.63) is 82.5 Å². The van der Waals surface area contributed by atoms with Crippen LogP contribution in [0.1, 0.15) is 28.1 Å². The van der Waals surface area contributed by atoms with Gasteiger partial charge in [0.25, 0.3) is 5.91 Å². The summed E-state index contributed by atoms with van der Waals surface area (Å²) in [6, 6.07) is 11.3. The number of amides is 1. The third-order valence-corrected chi connectivity index (χ3v) is 4.93. The molecule has 3 aromatic rings. The SMILES string of the molecule is COc1cc(/C=C/C(=O)OCC(=O)NCc2ccccc2F)ccc1OCc1c(C)noc1C. The molecule has 0 saturated carbocycles. The molecule has 0 radical (unpaired) electrons. The second-order valence-electron chi connectivity index (χ2n) is 7.31. The summed E-state index contributed by atoms with van der Waals surface area (Å²) >= 11 is 0. The van der Waals surface area contributed by atoms with Gasteiger partial charge in [0.2, 0.25) is 0 Å². The van der Waals surface area contributed by atoms with Gasteiger partial charge in [0, 0.05) is 18.2 Å². The summed E-state index contributed by atoms with van der Waals surface area (Å²) < 4.78 is 34.8. The minimum Gasteiger partial charge on any atom is -0.493 e. The summed E-state index contributed by atoms with van der Waals surface area (Å²) in [5.41, 5.74) is 2.64. The molecule has 0 spiro atoms. The molecule has 34 heavy (non-hydrogen) atoms. The first-order valence-electron chi connectivity index (χ1n) is 10.4. The minimum absolute atomic E-state index is 0.00333. The molecule has 9 heteroatoms. The Kier molecular flexibility index (Phi) is 8.39. The second-order valence-corrected chi connectivity index (χ2v) is 7.31. The molecular weight excluding hydrogens is 443 g/mol. The third kappa shape index (κ3) is 6.68. The lowest BCUT2D eigenvalue weighted by Gasteiger charge is -2.11. The number of halogens is 1. The maximum Gasteiger partial charge on any atom is 0.331 e. The molecule has 0 bridgehead atoms. The fraction of sp³-hybridized carbons (Fsp3) is 0.240. The number of rotatable bonds is 10. The molecule has 0 aliphatic rings. The first-order valence-corrected chi connectivity index (χ1v) is 10.4. The van der Waals surface area contributed by atoms with E-state index in [1.165, 1.54) is 25.3 Å². The molecule has 0 unspecified atom stereocenters. The van der Waals surface area contributed by atoms with Crippen molar-refractivity contribution in [2.75, 3.05) is 13.7 Å². The first kappa shape index (κ1) is 24.5. The number of aryl methyl sites for hydroxylation is 2. The van der Waals surface area contributed by atoms with E-state index in [9.17, 15) is 14.0 Å². The van der Waals surface area contributed by atoms with Gasteiger partial charge in [-0.1, -0.05) is 29.4 Å². The van der Waals surface area contributed by atoms with Crippen molar-refractivity contribution in [1.29, 1.82) is 0 Å². The van der Waals surface area contributed by atoms with Crippen molar-refractivity contribution in [2.24, 2.45) is 0 Å². The smallest absolute Gasteiger partial charge is 0.331 e. The van der Waals surface area contributed by atoms with Gasteiger partial charge in [-0.15, -0.1) is 0 Å². The highest BCUT2D eigenvalue weighted by atomic mass is 19.1. The summed E-state index contributed by atoms with van der Waals surface area (Å²) in [6.07, 6.45) is 2.73. The predicted molar refractivity (Wildman–Crippen MR) is 122 cm³/mol. The normalized spacial score (nSPS) is 10.8. The number of benzene rings is 2. The summed E-state index contributed by atoms with van der Waals surface area (Å²) in [5, 5.41) is 6.40. The Labute approximate surface area is 196 Å². The van der Waals surface area contributed by atoms with E-state index in [0.717, 1.165) is 11.3 Å². The molecule has 1 amide bonds. The number of nitrogens with one attached hydrogen (secondary N) is 1. The van der Waals surface area contributed by atoms with E-state index in [4.69, 9.17) is 18.7 Å². The van der Waals surface area contributed by atoms with Crippen LogP contribution in [0.2, 0.25) is 0 Å². The van der Waals surface area contributed by atoms with Gasteiger partial charge in [-0.25, -0.2) is 9.18 Å². The van der Waals surface area contributed by atoms with Gasteiger partial charge in [0.15, 0.2) is 18.1 Å². The molecule has 1 aromatic heterocycles. The van der Waals surface area contributed by atoms with Gasteiger partial charge in [0.05, 0.1) is 18.4 Å². The van der Waals surface area contributed by atoms with E-state index in [1.54, 1.807) is 36.4 Å². The first-order chi connectivity index (χ1) is 16.4. The highest BCUT2D eigenvalue weighted by Gasteiger charge is 2.12. The van der Waals surface area contributed by atoms with E-state index in [0.29, 0.717) is 28.4 Å². The van der Waals surface area contributed by atoms with Crippen LogP contribution >= 0.6 is 0 Å². The summed E-state index contributed by atoms with van der Waals surface area (Å²) in [7, 11) is 1.51. The maximum atomic E-state index is 13.6. The Morgan fingerprint density at radius 1 is 1.15 bits per heavy atom. The Bertz CT molecular complexity index is 1170. The third-order valence-electron chi connectivity index (χ3n) is 4.93. The monoisotopic (exact) mass is 468 g/mol. The Morgan fingerprint density at radius 2 is 1.94 bits per heavy atom. The van der Waals surface area contributed by atoms with Crippen molar-refractivity contribution in [3.63, 3.8) is 0 Å². The van der Waals surface area contributed by atoms with Crippen molar-refractivity contribution in [1.82, 2.24) is 10.5 Å². The fourth-order valence-electron chi connectivity index (χ4n) is 3.00. The number of ether oxygens (including phenoxy) is 3. The number of aromatic nitrogens is 1. The molecular formula is C25H25FN2O6. The maximum absolute atomic E-state index is 13.6. The van der Waals surface area contributed by atoms with Gasteiger partial charge in [-0.3, -0.25) is 4.79 Å². The molecule has 2 aromatic carbocycles. The molecule has 3 rings (SSSR count). The average molecular weight is 468 g/mol. The van der Waals surface area contributed by atoms with Crippen LogP contribution in [0.5, 0.6) is 11.5 Å². The van der Waals surface area contributed by atoms with E-state index < -0.39 is 24.3 Å². The van der Waals surface area contributed by atoms with Gasteiger partial charge >= 0.3 is 5.97 Å². The van der Waals surface area contributed by atoms with Gasteiger partial charge in [-0.2, -0.15) is 0 Å². The molecule has 0 fully saturated rings. The number of esters is 1. The highest BCUT2D eigenvalue weighted by Crippen LogP contribution is 2.30. The van der Waals surface area contributed by atoms with Crippen LogP contribution in [0.4, 0.5) is 4.39 Å². The highest BCUT2D eigenvalue weighted by molar-refractivity contribution is 5.89. The quantitative estimate of drug-likeness (QED) is 0.356. The lowest BCUT2D eigenvalue weighted by Crippen LogP contribution is -2.28. The Hall–Kier alpha value is -4.14.